The molecule has 1 atom stereocenters. The van der Waals surface area contributed by atoms with Crippen molar-refractivity contribution in [2.75, 3.05) is 0 Å². The molecule has 0 bridgehead atoms. The average molecular weight is 283 g/mol. The standard InChI is InChI=1S/C16H29NO3/c1-12(2)10-13(3)17-14(18)11-16(15(19)20)8-6-4-5-7-9-16/h12-13H,4-11H2,1-3H3,(H,17,18)(H,19,20). The van der Waals surface area contributed by atoms with E-state index in [1.165, 1.54) is 0 Å². The number of carboxylic acids is 1. The highest BCUT2D eigenvalue weighted by molar-refractivity contribution is 5.85. The van der Waals surface area contributed by atoms with Crippen LogP contribution in [0.1, 0.15) is 72.1 Å². The molecule has 0 saturated heterocycles. The SMILES string of the molecule is CC(C)CC(C)NC(=O)CC1(C(=O)O)CCCCCC1. The molecule has 4 nitrogen and oxygen atoms in total. The van der Waals surface area contributed by atoms with Gasteiger partial charge in [-0.25, -0.2) is 0 Å². The van der Waals surface area contributed by atoms with Gasteiger partial charge in [-0.1, -0.05) is 39.5 Å². The third-order valence-corrected chi connectivity index (χ3v) is 4.25. The van der Waals surface area contributed by atoms with Crippen molar-refractivity contribution in [2.24, 2.45) is 11.3 Å². The Morgan fingerprint density at radius 3 is 2.10 bits per heavy atom. The van der Waals surface area contributed by atoms with Crippen molar-refractivity contribution in [3.05, 3.63) is 0 Å². The molecule has 0 aromatic heterocycles. The Morgan fingerprint density at radius 2 is 1.65 bits per heavy atom. The van der Waals surface area contributed by atoms with Gasteiger partial charge in [-0.05, 0) is 32.1 Å². The fourth-order valence-electron chi connectivity index (χ4n) is 3.27. The van der Waals surface area contributed by atoms with E-state index >= 15 is 0 Å². The van der Waals surface area contributed by atoms with Gasteiger partial charge in [0.15, 0.2) is 0 Å². The molecule has 20 heavy (non-hydrogen) atoms. The molecule has 0 aromatic rings. The molecular weight excluding hydrogens is 254 g/mol. The minimum atomic E-state index is -0.835. The van der Waals surface area contributed by atoms with Crippen molar-refractivity contribution >= 4 is 11.9 Å². The van der Waals surface area contributed by atoms with Crippen molar-refractivity contribution in [3.63, 3.8) is 0 Å². The second-order valence-corrected chi connectivity index (χ2v) is 6.77. The van der Waals surface area contributed by atoms with Crippen molar-refractivity contribution < 1.29 is 14.7 Å². The monoisotopic (exact) mass is 283 g/mol. The van der Waals surface area contributed by atoms with E-state index in [2.05, 4.69) is 19.2 Å². The van der Waals surface area contributed by atoms with E-state index in [1.54, 1.807) is 0 Å². The normalized spacial score (nSPS) is 20.2. The van der Waals surface area contributed by atoms with E-state index in [1.807, 2.05) is 6.92 Å². The highest BCUT2D eigenvalue weighted by atomic mass is 16.4. The van der Waals surface area contributed by atoms with E-state index in [4.69, 9.17) is 0 Å². The molecule has 0 heterocycles. The van der Waals surface area contributed by atoms with Crippen LogP contribution in [0.15, 0.2) is 0 Å². The maximum absolute atomic E-state index is 12.2. The Morgan fingerprint density at radius 1 is 1.10 bits per heavy atom. The minimum Gasteiger partial charge on any atom is -0.481 e. The summed E-state index contributed by atoms with van der Waals surface area (Å²) in [6, 6.07) is 0.110. The maximum atomic E-state index is 12.2. The van der Waals surface area contributed by atoms with E-state index in [0.717, 1.165) is 32.1 Å². The summed E-state index contributed by atoms with van der Waals surface area (Å²) in [6.45, 7) is 6.22. The number of aliphatic carboxylic acids is 1. The number of hydrogen-bond donors (Lipinski definition) is 2. The molecule has 1 fully saturated rings. The smallest absolute Gasteiger partial charge is 0.310 e. The first-order valence-electron chi connectivity index (χ1n) is 7.88. The van der Waals surface area contributed by atoms with Crippen LogP contribution >= 0.6 is 0 Å². The molecule has 1 amide bonds. The fraction of sp³-hybridized carbons (Fsp3) is 0.875. The molecule has 1 aliphatic rings. The Hall–Kier alpha value is -1.06. The highest BCUT2D eigenvalue weighted by Crippen LogP contribution is 2.38. The number of hydrogen-bond acceptors (Lipinski definition) is 2. The van der Waals surface area contributed by atoms with Crippen molar-refractivity contribution in [1.82, 2.24) is 5.32 Å². The molecule has 1 saturated carbocycles. The fourth-order valence-corrected chi connectivity index (χ4v) is 3.27. The lowest BCUT2D eigenvalue weighted by Crippen LogP contribution is -2.40. The number of carbonyl (C=O) groups excluding carboxylic acids is 1. The van der Waals surface area contributed by atoms with E-state index in [-0.39, 0.29) is 18.4 Å². The Balaban J connectivity index is 2.61. The molecule has 0 spiro atoms. The summed E-state index contributed by atoms with van der Waals surface area (Å²) >= 11 is 0. The molecule has 1 unspecified atom stereocenters. The lowest BCUT2D eigenvalue weighted by Gasteiger charge is -2.28. The second-order valence-electron chi connectivity index (χ2n) is 6.77. The van der Waals surface area contributed by atoms with Crippen LogP contribution in [0.4, 0.5) is 0 Å². The number of carbonyl (C=O) groups is 2. The van der Waals surface area contributed by atoms with Crippen LogP contribution in [-0.4, -0.2) is 23.0 Å². The zero-order chi connectivity index (χ0) is 15.2. The Labute approximate surface area is 122 Å². The zero-order valence-electron chi connectivity index (χ0n) is 13.1. The molecule has 1 aliphatic carbocycles. The minimum absolute atomic E-state index is 0.109. The quantitative estimate of drug-likeness (QED) is 0.735. The van der Waals surface area contributed by atoms with E-state index < -0.39 is 11.4 Å². The number of carboxylic acid groups (broad SMARTS) is 1. The van der Waals surface area contributed by atoms with Crippen LogP contribution in [0, 0.1) is 11.3 Å². The molecule has 1 rings (SSSR count). The topological polar surface area (TPSA) is 66.4 Å². The first-order valence-corrected chi connectivity index (χ1v) is 7.88. The molecular formula is C16H29NO3. The van der Waals surface area contributed by atoms with Gasteiger partial charge < -0.3 is 10.4 Å². The molecule has 0 radical (unpaired) electrons. The van der Waals surface area contributed by atoms with Crippen LogP contribution in [0.3, 0.4) is 0 Å². The largest absolute Gasteiger partial charge is 0.481 e. The summed E-state index contributed by atoms with van der Waals surface area (Å²) in [5.74, 6) is -0.384. The Kier molecular flexibility index (Phi) is 6.50. The zero-order valence-corrected chi connectivity index (χ0v) is 13.1. The van der Waals surface area contributed by atoms with Gasteiger partial charge in [0.25, 0.3) is 0 Å². The van der Waals surface area contributed by atoms with Crippen molar-refractivity contribution in [1.29, 1.82) is 0 Å². The van der Waals surface area contributed by atoms with Crippen molar-refractivity contribution in [3.8, 4) is 0 Å². The lowest BCUT2D eigenvalue weighted by atomic mass is 9.77. The summed E-state index contributed by atoms with van der Waals surface area (Å²) in [6.07, 6.45) is 6.32. The molecule has 0 aliphatic heterocycles. The van der Waals surface area contributed by atoms with E-state index in [0.29, 0.717) is 18.8 Å². The van der Waals surface area contributed by atoms with Gasteiger partial charge in [0, 0.05) is 12.5 Å². The number of rotatable bonds is 6. The molecule has 4 heteroatoms. The van der Waals surface area contributed by atoms with Gasteiger partial charge in [-0.2, -0.15) is 0 Å². The van der Waals surface area contributed by atoms with Crippen LogP contribution in [-0.2, 0) is 9.59 Å². The van der Waals surface area contributed by atoms with Gasteiger partial charge >= 0.3 is 5.97 Å². The summed E-state index contributed by atoms with van der Waals surface area (Å²) in [7, 11) is 0. The molecule has 0 aromatic carbocycles. The third-order valence-electron chi connectivity index (χ3n) is 4.25. The maximum Gasteiger partial charge on any atom is 0.310 e. The van der Waals surface area contributed by atoms with Crippen molar-refractivity contribution in [2.45, 2.75) is 78.2 Å². The van der Waals surface area contributed by atoms with Gasteiger partial charge in [0.1, 0.15) is 0 Å². The number of amides is 1. The van der Waals surface area contributed by atoms with Crippen LogP contribution < -0.4 is 5.32 Å². The van der Waals surface area contributed by atoms with E-state index in [9.17, 15) is 14.7 Å². The van der Waals surface area contributed by atoms with Gasteiger partial charge in [-0.15, -0.1) is 0 Å². The molecule has 2 N–H and O–H groups in total. The predicted octanol–water partition coefficient (Wildman–Crippen LogP) is 3.35. The van der Waals surface area contributed by atoms with Gasteiger partial charge in [-0.3, -0.25) is 9.59 Å². The number of nitrogens with one attached hydrogen (secondary N) is 1. The summed E-state index contributed by atoms with van der Waals surface area (Å²) in [4.78, 5) is 23.8. The van der Waals surface area contributed by atoms with Crippen LogP contribution in [0.2, 0.25) is 0 Å². The predicted molar refractivity (Wildman–Crippen MR) is 79.4 cm³/mol. The summed E-state index contributed by atoms with van der Waals surface area (Å²) in [5, 5.41) is 12.5. The summed E-state index contributed by atoms with van der Waals surface area (Å²) in [5.41, 5.74) is -0.835. The first-order chi connectivity index (χ1) is 9.35. The average Bonchev–Trinajstić information content (AvgIpc) is 2.53. The first kappa shape index (κ1) is 17.0. The second kappa shape index (κ2) is 7.65. The van der Waals surface area contributed by atoms with Gasteiger partial charge in [0.2, 0.25) is 5.91 Å². The van der Waals surface area contributed by atoms with Crippen LogP contribution in [0.25, 0.3) is 0 Å². The highest BCUT2D eigenvalue weighted by Gasteiger charge is 2.40. The van der Waals surface area contributed by atoms with Gasteiger partial charge in [0.05, 0.1) is 5.41 Å². The summed E-state index contributed by atoms with van der Waals surface area (Å²) < 4.78 is 0. The third kappa shape index (κ3) is 5.14. The molecule has 116 valence electrons. The van der Waals surface area contributed by atoms with Crippen LogP contribution in [0.5, 0.6) is 0 Å². The lowest BCUT2D eigenvalue weighted by molar-refractivity contribution is -0.153. The Bertz CT molecular complexity index is 331.